The highest BCUT2D eigenvalue weighted by atomic mass is 32.1. The van der Waals surface area contributed by atoms with Crippen molar-refractivity contribution in [1.82, 2.24) is 0 Å². The average Bonchev–Trinajstić information content (AvgIpc) is 3.16. The van der Waals surface area contributed by atoms with Gasteiger partial charge in [-0.05, 0) is 125 Å². The van der Waals surface area contributed by atoms with Crippen molar-refractivity contribution >= 4 is 76.9 Å². The minimum atomic E-state index is -3.30. The normalized spacial score (nSPS) is 22.4. The Kier molecular flexibility index (Phi) is 29.7. The van der Waals surface area contributed by atoms with Gasteiger partial charge in [0.05, 0.1) is 0 Å². The maximum atomic E-state index is 6.83. The molecule has 0 aliphatic heterocycles. The monoisotopic (exact) mass is 922 g/mol. The fraction of sp³-hybridized carbons (Fsp3) is 1.00. The molecule has 1 saturated carbocycles. The summed E-state index contributed by atoms with van der Waals surface area (Å²) in [6, 6.07) is 0. The van der Waals surface area contributed by atoms with Crippen LogP contribution < -0.4 is 0 Å². The van der Waals surface area contributed by atoms with Crippen LogP contribution >= 0.6 is 50.5 Å². The lowest BCUT2D eigenvalue weighted by atomic mass is 9.69. The molecule has 1 aliphatic rings. The van der Waals surface area contributed by atoms with Gasteiger partial charge in [0.25, 0.3) is 0 Å². The van der Waals surface area contributed by atoms with Crippen LogP contribution in [0.5, 0.6) is 0 Å². The molecule has 0 N–H and O–H groups in total. The summed E-state index contributed by atoms with van der Waals surface area (Å²) in [5, 5.41) is 0.343. The molecule has 1 fully saturated rings. The number of hydrogen-bond acceptors (Lipinski definition) is 13. The second-order valence-electron chi connectivity index (χ2n) is 14.9. The average molecular weight is 924 g/mol. The zero-order valence-corrected chi connectivity index (χ0v) is 44.0. The van der Waals surface area contributed by atoms with Gasteiger partial charge >= 0.3 is 26.4 Å². The summed E-state index contributed by atoms with van der Waals surface area (Å²) in [5.74, 6) is 0.472. The van der Waals surface area contributed by atoms with Gasteiger partial charge in [0, 0.05) is 97.1 Å². The molecule has 336 valence electrons. The second kappa shape index (κ2) is 29.9. The summed E-state index contributed by atoms with van der Waals surface area (Å²) in [6.07, 6.45) is 8.39. The summed E-state index contributed by atoms with van der Waals surface area (Å²) >= 11 is 20.7. The van der Waals surface area contributed by atoms with E-state index in [4.69, 9.17) is 90.3 Å². The largest absolute Gasteiger partial charge is 0.504 e. The molecular formula is C40H86O9S4Si3. The van der Waals surface area contributed by atoms with E-state index in [2.05, 4.69) is 20.8 Å². The standard InChI is InChI=1S/C40H86O9S4Si3/c1-13-24-35(50)37(52)29-39(55(44-18-6,45-19-7)46-20-8)32-26-27-33(34(28-32)31(12)54(41-15-3,42-16-4)43-17-5)40(30-38(53)36(51)25-14-2)56(47-21-9,48-22-10)49-23-11/h31-40,50-53H,13-30H2,1-12H3. The molecule has 0 radical (unpaired) electrons. The molecule has 56 heavy (non-hydrogen) atoms. The third kappa shape index (κ3) is 15.8. The Morgan fingerprint density at radius 1 is 0.429 bits per heavy atom. The molecule has 0 heterocycles. The Hall–Kier alpha value is 1.69. The van der Waals surface area contributed by atoms with E-state index in [9.17, 15) is 0 Å². The third-order valence-corrected chi connectivity index (χ3v) is 25.1. The van der Waals surface area contributed by atoms with Gasteiger partial charge in [0.15, 0.2) is 0 Å². The highest BCUT2D eigenvalue weighted by Crippen LogP contribution is 2.57. The summed E-state index contributed by atoms with van der Waals surface area (Å²) in [7, 11) is -9.76. The summed E-state index contributed by atoms with van der Waals surface area (Å²) < 4.78 is 61.0. The van der Waals surface area contributed by atoms with E-state index in [1.165, 1.54) is 0 Å². The van der Waals surface area contributed by atoms with Gasteiger partial charge in [-0.2, -0.15) is 50.5 Å². The van der Waals surface area contributed by atoms with Crippen LogP contribution in [0.25, 0.3) is 0 Å². The molecule has 16 heteroatoms. The Balaban J connectivity index is 4.25. The van der Waals surface area contributed by atoms with E-state index in [1.54, 1.807) is 0 Å². The molecule has 9 nitrogen and oxygen atoms in total. The van der Waals surface area contributed by atoms with Crippen LogP contribution in [0.3, 0.4) is 0 Å². The lowest BCUT2D eigenvalue weighted by Crippen LogP contribution is -2.59. The highest BCUT2D eigenvalue weighted by molar-refractivity contribution is 7.85. The smallest absolute Gasteiger partial charge is 0.374 e. The molecule has 0 bridgehead atoms. The van der Waals surface area contributed by atoms with E-state index < -0.39 is 26.4 Å². The third-order valence-electron chi connectivity index (χ3n) is 11.3. The maximum absolute atomic E-state index is 6.83. The highest BCUT2D eigenvalue weighted by Gasteiger charge is 2.62. The van der Waals surface area contributed by atoms with Crippen LogP contribution in [0.2, 0.25) is 16.6 Å². The first-order valence-electron chi connectivity index (χ1n) is 22.3. The van der Waals surface area contributed by atoms with Gasteiger partial charge in [-0.15, -0.1) is 0 Å². The van der Waals surface area contributed by atoms with Crippen molar-refractivity contribution in [1.29, 1.82) is 0 Å². The van der Waals surface area contributed by atoms with Crippen molar-refractivity contribution in [3.63, 3.8) is 0 Å². The molecule has 0 aromatic carbocycles. The molecule has 0 amide bonds. The molecule has 1 aliphatic carbocycles. The van der Waals surface area contributed by atoms with Gasteiger partial charge in [0.2, 0.25) is 0 Å². The minimum Gasteiger partial charge on any atom is -0.374 e. The first kappa shape index (κ1) is 55.7. The van der Waals surface area contributed by atoms with Crippen LogP contribution in [-0.4, -0.2) is 107 Å². The van der Waals surface area contributed by atoms with Gasteiger partial charge in [-0.3, -0.25) is 0 Å². The van der Waals surface area contributed by atoms with Crippen molar-refractivity contribution in [2.24, 2.45) is 17.8 Å². The fourth-order valence-electron chi connectivity index (χ4n) is 9.20. The van der Waals surface area contributed by atoms with Crippen LogP contribution in [-0.2, 0) is 39.8 Å². The van der Waals surface area contributed by atoms with Gasteiger partial charge in [-0.1, -0.05) is 33.6 Å². The van der Waals surface area contributed by atoms with Crippen molar-refractivity contribution in [2.75, 3.05) is 59.5 Å². The maximum Gasteiger partial charge on any atom is 0.504 e. The van der Waals surface area contributed by atoms with E-state index in [1.807, 2.05) is 62.3 Å². The SMILES string of the molecule is CCCC(S)C(S)CC(C1CCC(C(CC(S)C(S)CCC)[Si](OCC)(OCC)OCC)C(C(C)[Si](OCC)(OCC)OCC)C1)[Si](OCC)(OCC)OCC. The molecule has 0 spiro atoms. The Morgan fingerprint density at radius 3 is 1.09 bits per heavy atom. The van der Waals surface area contributed by atoms with Crippen molar-refractivity contribution in [2.45, 2.75) is 178 Å². The molecule has 10 unspecified atom stereocenters. The first-order valence-corrected chi connectivity index (χ1v) is 29.7. The van der Waals surface area contributed by atoms with Crippen LogP contribution in [0, 0.1) is 17.8 Å². The minimum absolute atomic E-state index is 0.0180. The summed E-state index contributed by atoms with van der Waals surface area (Å²) in [6.45, 7) is 29.7. The number of rotatable bonds is 34. The van der Waals surface area contributed by atoms with Gasteiger partial charge in [0.1, 0.15) is 0 Å². The van der Waals surface area contributed by atoms with E-state index in [0.717, 1.165) is 57.8 Å². The zero-order valence-electron chi connectivity index (χ0n) is 37.5. The van der Waals surface area contributed by atoms with E-state index in [0.29, 0.717) is 59.5 Å². The van der Waals surface area contributed by atoms with Crippen LogP contribution in [0.1, 0.15) is 141 Å². The predicted molar refractivity (Wildman–Crippen MR) is 253 cm³/mol. The van der Waals surface area contributed by atoms with Gasteiger partial charge < -0.3 is 39.8 Å². The predicted octanol–water partition coefficient (Wildman–Crippen LogP) is 10.9. The lowest BCUT2D eigenvalue weighted by molar-refractivity contribution is 0.0119. The zero-order chi connectivity index (χ0) is 42.4. The van der Waals surface area contributed by atoms with Crippen molar-refractivity contribution < 1.29 is 39.8 Å². The molecular weight excluding hydrogens is 837 g/mol. The summed E-state index contributed by atoms with van der Waals surface area (Å²) in [5.41, 5.74) is -0.0523. The van der Waals surface area contributed by atoms with Gasteiger partial charge in [-0.25, -0.2) is 0 Å². The van der Waals surface area contributed by atoms with Crippen LogP contribution in [0.15, 0.2) is 0 Å². The Labute approximate surface area is 370 Å². The summed E-state index contributed by atoms with van der Waals surface area (Å²) in [4.78, 5) is 0. The van der Waals surface area contributed by atoms with E-state index >= 15 is 0 Å². The number of thiol groups is 4. The van der Waals surface area contributed by atoms with E-state index in [-0.39, 0.29) is 55.4 Å². The number of hydrogen-bond donors (Lipinski definition) is 4. The molecule has 0 aromatic heterocycles. The van der Waals surface area contributed by atoms with Crippen LogP contribution in [0.4, 0.5) is 0 Å². The molecule has 10 atom stereocenters. The lowest BCUT2D eigenvalue weighted by Gasteiger charge is -2.51. The molecule has 0 aromatic rings. The fourth-order valence-corrected chi connectivity index (χ4v) is 21.4. The molecule has 1 rings (SSSR count). The van der Waals surface area contributed by atoms with Crippen molar-refractivity contribution in [3.05, 3.63) is 0 Å². The topological polar surface area (TPSA) is 83.1 Å². The second-order valence-corrected chi connectivity index (χ2v) is 26.2. The Bertz CT molecular complexity index is 948. The van der Waals surface area contributed by atoms with Crippen molar-refractivity contribution in [3.8, 4) is 0 Å². The quantitative estimate of drug-likeness (QED) is 0.0373. The molecule has 0 saturated heterocycles. The first-order chi connectivity index (χ1) is 26.8. The Morgan fingerprint density at radius 2 is 0.750 bits per heavy atom.